The maximum Gasteiger partial charge on any atom is 0.256 e. The van der Waals surface area contributed by atoms with Crippen molar-refractivity contribution in [2.75, 3.05) is 24.5 Å². The van der Waals surface area contributed by atoms with Gasteiger partial charge in [0, 0.05) is 42.3 Å². The van der Waals surface area contributed by atoms with Crippen LogP contribution in [0.1, 0.15) is 54.3 Å². The summed E-state index contributed by atoms with van der Waals surface area (Å²) < 4.78 is 0. The number of carbonyl (C=O) groups excluding carboxylic acids is 2. The average molecular weight is 426 g/mol. The standard InChI is InChI=1S/C24H31N3O2S/c1-18-7-4-5-13-27(18)24(29)21-9-2-3-10-22(21)26-14-11-19(12-15-26)25-23(28)17-20-8-6-16-30-20/h2-3,6,8-10,16,18-19H,4-5,7,11-15,17H2,1H3,(H,25,28). The van der Waals surface area contributed by atoms with Crippen LogP contribution in [0.5, 0.6) is 0 Å². The Balaban J connectivity index is 1.37. The Morgan fingerprint density at radius 3 is 2.57 bits per heavy atom. The van der Waals surface area contributed by atoms with Crippen LogP contribution < -0.4 is 10.2 Å². The molecule has 1 aromatic carbocycles. The van der Waals surface area contributed by atoms with Crippen molar-refractivity contribution in [2.45, 2.75) is 57.5 Å². The van der Waals surface area contributed by atoms with Crippen LogP contribution in [0.25, 0.3) is 0 Å². The monoisotopic (exact) mass is 425 g/mol. The quantitative estimate of drug-likeness (QED) is 0.785. The predicted molar refractivity (Wildman–Crippen MR) is 122 cm³/mol. The molecule has 0 spiro atoms. The van der Waals surface area contributed by atoms with Crippen molar-refractivity contribution in [3.05, 3.63) is 52.2 Å². The highest BCUT2D eigenvalue weighted by molar-refractivity contribution is 7.10. The summed E-state index contributed by atoms with van der Waals surface area (Å²) in [5.41, 5.74) is 1.84. The number of benzene rings is 1. The van der Waals surface area contributed by atoms with Gasteiger partial charge in [-0.15, -0.1) is 11.3 Å². The molecule has 30 heavy (non-hydrogen) atoms. The van der Waals surface area contributed by atoms with Gasteiger partial charge in [-0.2, -0.15) is 0 Å². The van der Waals surface area contributed by atoms with E-state index < -0.39 is 0 Å². The van der Waals surface area contributed by atoms with Crippen LogP contribution in [0.15, 0.2) is 41.8 Å². The Hall–Kier alpha value is -2.34. The number of para-hydroxylation sites is 1. The minimum atomic E-state index is 0.102. The van der Waals surface area contributed by atoms with Crippen LogP contribution in [0, 0.1) is 0 Å². The van der Waals surface area contributed by atoms with E-state index in [1.54, 1.807) is 11.3 Å². The highest BCUT2D eigenvalue weighted by Gasteiger charge is 2.28. The smallest absolute Gasteiger partial charge is 0.256 e. The Bertz CT molecular complexity index is 859. The lowest BCUT2D eigenvalue weighted by Gasteiger charge is -2.37. The Labute approximate surface area is 183 Å². The van der Waals surface area contributed by atoms with E-state index in [-0.39, 0.29) is 17.9 Å². The summed E-state index contributed by atoms with van der Waals surface area (Å²) in [5, 5.41) is 5.19. The maximum atomic E-state index is 13.3. The first kappa shape index (κ1) is 20.9. The van der Waals surface area contributed by atoms with E-state index in [9.17, 15) is 9.59 Å². The third kappa shape index (κ3) is 4.86. The normalized spacial score (nSPS) is 20.2. The molecule has 1 N–H and O–H groups in total. The molecule has 2 aliphatic heterocycles. The van der Waals surface area contributed by atoms with Gasteiger partial charge in [0.15, 0.2) is 0 Å². The van der Waals surface area contributed by atoms with E-state index in [1.165, 1.54) is 6.42 Å². The summed E-state index contributed by atoms with van der Waals surface area (Å²) in [6.45, 7) is 4.71. The van der Waals surface area contributed by atoms with Gasteiger partial charge in [0.25, 0.3) is 5.91 Å². The molecule has 6 heteroatoms. The summed E-state index contributed by atoms with van der Waals surface area (Å²) >= 11 is 1.62. The van der Waals surface area contributed by atoms with E-state index in [0.29, 0.717) is 12.5 Å². The molecule has 1 atom stereocenters. The molecule has 2 fully saturated rings. The highest BCUT2D eigenvalue weighted by atomic mass is 32.1. The molecular formula is C24H31N3O2S. The number of anilines is 1. The fourth-order valence-electron chi connectivity index (χ4n) is 4.60. The number of rotatable bonds is 5. The Morgan fingerprint density at radius 1 is 1.03 bits per heavy atom. The second kappa shape index (κ2) is 9.65. The van der Waals surface area contributed by atoms with Gasteiger partial charge in [-0.1, -0.05) is 18.2 Å². The number of thiophene rings is 1. The number of amides is 2. The van der Waals surface area contributed by atoms with Crippen LogP contribution in [0.2, 0.25) is 0 Å². The summed E-state index contributed by atoms with van der Waals surface area (Å²) in [4.78, 5) is 31.0. The Morgan fingerprint density at radius 2 is 1.83 bits per heavy atom. The van der Waals surface area contributed by atoms with E-state index in [1.807, 2.05) is 40.6 Å². The SMILES string of the molecule is CC1CCCCN1C(=O)c1ccccc1N1CCC(NC(=O)Cc2cccs2)CC1. The molecule has 1 aromatic heterocycles. The molecule has 0 bridgehead atoms. The summed E-state index contributed by atoms with van der Waals surface area (Å²) in [7, 11) is 0. The average Bonchev–Trinajstić information content (AvgIpc) is 3.27. The molecule has 5 nitrogen and oxygen atoms in total. The van der Waals surface area contributed by atoms with Crippen molar-refractivity contribution >= 4 is 28.8 Å². The zero-order valence-electron chi connectivity index (χ0n) is 17.7. The van der Waals surface area contributed by atoms with Crippen molar-refractivity contribution < 1.29 is 9.59 Å². The molecule has 0 aliphatic carbocycles. The summed E-state index contributed by atoms with van der Waals surface area (Å²) in [6.07, 6.45) is 5.65. The largest absolute Gasteiger partial charge is 0.371 e. The van der Waals surface area contributed by atoms with Crippen LogP contribution in [-0.2, 0) is 11.2 Å². The number of hydrogen-bond donors (Lipinski definition) is 1. The summed E-state index contributed by atoms with van der Waals surface area (Å²) in [6, 6.07) is 12.5. The summed E-state index contributed by atoms with van der Waals surface area (Å²) in [5.74, 6) is 0.259. The van der Waals surface area contributed by atoms with E-state index >= 15 is 0 Å². The molecule has 3 heterocycles. The molecular weight excluding hydrogens is 394 g/mol. The van der Waals surface area contributed by atoms with Crippen molar-refractivity contribution in [1.82, 2.24) is 10.2 Å². The fourth-order valence-corrected chi connectivity index (χ4v) is 5.30. The predicted octanol–water partition coefficient (Wildman–Crippen LogP) is 4.09. The second-order valence-corrected chi connectivity index (χ2v) is 9.48. The second-order valence-electron chi connectivity index (χ2n) is 8.45. The van der Waals surface area contributed by atoms with Gasteiger partial charge in [-0.05, 0) is 62.6 Å². The Kier molecular flexibility index (Phi) is 6.72. The molecule has 1 unspecified atom stereocenters. The van der Waals surface area contributed by atoms with Gasteiger partial charge in [0.1, 0.15) is 0 Å². The van der Waals surface area contributed by atoms with Gasteiger partial charge >= 0.3 is 0 Å². The van der Waals surface area contributed by atoms with Gasteiger partial charge in [0.05, 0.1) is 12.0 Å². The number of likely N-dealkylation sites (tertiary alicyclic amines) is 1. The van der Waals surface area contributed by atoms with Gasteiger partial charge in [0.2, 0.25) is 5.91 Å². The molecule has 2 amide bonds. The van der Waals surface area contributed by atoms with Crippen molar-refractivity contribution in [3.63, 3.8) is 0 Å². The molecule has 0 radical (unpaired) electrons. The number of piperidine rings is 2. The maximum absolute atomic E-state index is 13.3. The van der Waals surface area contributed by atoms with E-state index in [0.717, 1.165) is 61.4 Å². The minimum Gasteiger partial charge on any atom is -0.371 e. The lowest BCUT2D eigenvalue weighted by atomic mass is 10.00. The first-order valence-corrected chi connectivity index (χ1v) is 12.0. The molecule has 2 aliphatic rings. The van der Waals surface area contributed by atoms with Crippen LogP contribution in [0.4, 0.5) is 5.69 Å². The van der Waals surface area contributed by atoms with Crippen molar-refractivity contribution in [2.24, 2.45) is 0 Å². The minimum absolute atomic E-state index is 0.102. The fraction of sp³-hybridized carbons (Fsp3) is 0.500. The van der Waals surface area contributed by atoms with Crippen molar-refractivity contribution in [1.29, 1.82) is 0 Å². The lowest BCUT2D eigenvalue weighted by Crippen LogP contribution is -2.46. The number of hydrogen-bond acceptors (Lipinski definition) is 4. The first-order chi connectivity index (χ1) is 14.6. The third-order valence-corrected chi connectivity index (χ3v) is 7.19. The lowest BCUT2D eigenvalue weighted by molar-refractivity contribution is -0.121. The first-order valence-electron chi connectivity index (χ1n) is 11.1. The number of carbonyl (C=O) groups is 2. The third-order valence-electron chi connectivity index (χ3n) is 6.31. The van der Waals surface area contributed by atoms with Crippen LogP contribution >= 0.6 is 11.3 Å². The van der Waals surface area contributed by atoms with E-state index in [4.69, 9.17) is 0 Å². The highest BCUT2D eigenvalue weighted by Crippen LogP contribution is 2.28. The van der Waals surface area contributed by atoms with Gasteiger partial charge < -0.3 is 15.1 Å². The molecule has 4 rings (SSSR count). The molecule has 2 aromatic rings. The molecule has 160 valence electrons. The van der Waals surface area contributed by atoms with Crippen LogP contribution in [0.3, 0.4) is 0 Å². The van der Waals surface area contributed by atoms with Crippen molar-refractivity contribution in [3.8, 4) is 0 Å². The van der Waals surface area contributed by atoms with Crippen LogP contribution in [-0.4, -0.2) is 48.4 Å². The van der Waals surface area contributed by atoms with Gasteiger partial charge in [-0.3, -0.25) is 9.59 Å². The zero-order chi connectivity index (χ0) is 20.9. The van der Waals surface area contributed by atoms with E-state index in [2.05, 4.69) is 23.2 Å². The molecule has 2 saturated heterocycles. The topological polar surface area (TPSA) is 52.7 Å². The van der Waals surface area contributed by atoms with Gasteiger partial charge in [-0.25, -0.2) is 0 Å². The number of nitrogens with zero attached hydrogens (tertiary/aromatic N) is 2. The zero-order valence-corrected chi connectivity index (χ0v) is 18.5. The molecule has 0 saturated carbocycles. The number of nitrogens with one attached hydrogen (secondary N) is 1.